The Morgan fingerprint density at radius 3 is 1.80 bits per heavy atom. The molecule has 0 saturated carbocycles. The maximum absolute atomic E-state index is 11.6. The fraction of sp³-hybridized carbons (Fsp3) is 0.857. The Hall–Kier alpha value is -1.46. The minimum atomic E-state index is -0.541. The van der Waals surface area contributed by atoms with Gasteiger partial charge in [-0.25, -0.2) is 9.59 Å². The van der Waals surface area contributed by atoms with Crippen LogP contribution in [0, 0.1) is 0 Å². The lowest BCUT2D eigenvalue weighted by Crippen LogP contribution is -2.46. The summed E-state index contributed by atoms with van der Waals surface area (Å²) < 4.78 is 10.3. The van der Waals surface area contributed by atoms with Gasteiger partial charge in [-0.15, -0.1) is 0 Å². The van der Waals surface area contributed by atoms with Gasteiger partial charge in [0.15, 0.2) is 0 Å². The second-order valence-electron chi connectivity index (χ2n) is 6.63. The normalized spacial score (nSPS) is 13.3. The second kappa shape index (κ2) is 7.36. The summed E-state index contributed by atoms with van der Waals surface area (Å²) in [4.78, 5) is 23.1. The van der Waals surface area contributed by atoms with E-state index in [0.717, 1.165) is 0 Å². The summed E-state index contributed by atoms with van der Waals surface area (Å²) >= 11 is 0. The zero-order valence-corrected chi connectivity index (χ0v) is 13.6. The fourth-order valence-corrected chi connectivity index (χ4v) is 1.29. The van der Waals surface area contributed by atoms with Crippen molar-refractivity contribution in [3.05, 3.63) is 0 Å². The Balaban J connectivity index is 4.17. The highest BCUT2D eigenvalue weighted by Gasteiger charge is 2.20. The molecule has 0 spiro atoms. The number of alkyl carbamates (subject to hydrolysis) is 2. The van der Waals surface area contributed by atoms with Crippen molar-refractivity contribution in [2.24, 2.45) is 0 Å². The monoisotopic (exact) mass is 288 g/mol. The molecular formula is C14H28N2O4. The Labute approximate surface area is 121 Å². The Morgan fingerprint density at radius 2 is 1.40 bits per heavy atom. The highest BCUT2D eigenvalue weighted by Crippen LogP contribution is 2.08. The number of amides is 2. The molecule has 0 fully saturated rings. The third-order valence-electron chi connectivity index (χ3n) is 2.11. The van der Waals surface area contributed by atoms with Gasteiger partial charge in [-0.3, -0.25) is 0 Å². The van der Waals surface area contributed by atoms with Crippen LogP contribution in [0.5, 0.6) is 0 Å². The number of carbonyl (C=O) groups is 2. The van der Waals surface area contributed by atoms with Crippen molar-refractivity contribution >= 4 is 12.2 Å². The van der Waals surface area contributed by atoms with Crippen LogP contribution in [0.4, 0.5) is 9.59 Å². The molecular weight excluding hydrogens is 260 g/mol. The molecule has 0 bridgehead atoms. The topological polar surface area (TPSA) is 76.7 Å². The first-order valence-electron chi connectivity index (χ1n) is 6.89. The maximum atomic E-state index is 11.6. The fourth-order valence-electron chi connectivity index (χ4n) is 1.29. The predicted molar refractivity (Wildman–Crippen MR) is 77.7 cm³/mol. The van der Waals surface area contributed by atoms with E-state index >= 15 is 0 Å². The Bertz CT molecular complexity index is 329. The van der Waals surface area contributed by atoms with Crippen LogP contribution in [-0.2, 0) is 9.47 Å². The second-order valence-corrected chi connectivity index (χ2v) is 6.63. The lowest BCUT2D eigenvalue weighted by molar-refractivity contribution is 0.0462. The Morgan fingerprint density at radius 1 is 0.950 bits per heavy atom. The van der Waals surface area contributed by atoms with E-state index in [4.69, 9.17) is 9.47 Å². The maximum Gasteiger partial charge on any atom is 0.407 e. The molecule has 0 aliphatic rings. The van der Waals surface area contributed by atoms with E-state index in [0.29, 0.717) is 13.0 Å². The third kappa shape index (κ3) is 10.5. The molecule has 0 aliphatic heterocycles. The molecule has 0 aromatic rings. The molecule has 0 unspecified atom stereocenters. The molecule has 6 nitrogen and oxygen atoms in total. The summed E-state index contributed by atoms with van der Waals surface area (Å²) in [5.41, 5.74) is -1.08. The van der Waals surface area contributed by atoms with Crippen LogP contribution in [0.15, 0.2) is 0 Å². The van der Waals surface area contributed by atoms with Crippen LogP contribution in [0.1, 0.15) is 54.9 Å². The van der Waals surface area contributed by atoms with E-state index in [9.17, 15) is 9.59 Å². The summed E-state index contributed by atoms with van der Waals surface area (Å²) in [6.07, 6.45) is -0.313. The molecule has 2 amide bonds. The van der Waals surface area contributed by atoms with Gasteiger partial charge in [-0.05, 0) is 48.0 Å². The molecule has 0 aliphatic carbocycles. The molecule has 1 atom stereocenters. The van der Waals surface area contributed by atoms with Crippen molar-refractivity contribution in [3.63, 3.8) is 0 Å². The van der Waals surface area contributed by atoms with E-state index in [1.54, 1.807) is 41.5 Å². The summed E-state index contributed by atoms with van der Waals surface area (Å²) in [6, 6.07) is -0.197. The summed E-state index contributed by atoms with van der Waals surface area (Å²) in [6.45, 7) is 13.0. The summed E-state index contributed by atoms with van der Waals surface area (Å²) in [5.74, 6) is 0. The van der Waals surface area contributed by atoms with Gasteiger partial charge in [0.2, 0.25) is 0 Å². The van der Waals surface area contributed by atoms with Crippen LogP contribution >= 0.6 is 0 Å². The molecule has 0 heterocycles. The van der Waals surface area contributed by atoms with Crippen LogP contribution in [0.2, 0.25) is 0 Å². The smallest absolute Gasteiger partial charge is 0.407 e. The van der Waals surface area contributed by atoms with E-state index in [1.807, 2.05) is 6.92 Å². The highest BCUT2D eigenvalue weighted by atomic mass is 16.6. The average molecular weight is 288 g/mol. The standard InChI is InChI=1S/C14H28N2O4/c1-8-10(16-12(18)20-14(5,6)7)9-15-11(17)19-13(2,3)4/h10H,8-9H2,1-7H3,(H,15,17)(H,16,18)/t10-/m0/s1. The van der Waals surface area contributed by atoms with Crippen molar-refractivity contribution in [3.8, 4) is 0 Å². The zero-order chi connectivity index (χ0) is 16.0. The van der Waals surface area contributed by atoms with Gasteiger partial charge in [-0.2, -0.15) is 0 Å². The lowest BCUT2D eigenvalue weighted by atomic mass is 10.2. The quantitative estimate of drug-likeness (QED) is 0.834. The van der Waals surface area contributed by atoms with Crippen LogP contribution in [0.3, 0.4) is 0 Å². The van der Waals surface area contributed by atoms with Gasteiger partial charge in [0.25, 0.3) is 0 Å². The average Bonchev–Trinajstić information content (AvgIpc) is 2.18. The van der Waals surface area contributed by atoms with Crippen molar-refractivity contribution in [1.82, 2.24) is 10.6 Å². The number of hydrogen-bond acceptors (Lipinski definition) is 4. The minimum absolute atomic E-state index is 0.197. The van der Waals surface area contributed by atoms with Crippen molar-refractivity contribution in [2.75, 3.05) is 6.54 Å². The van der Waals surface area contributed by atoms with E-state index in [1.165, 1.54) is 0 Å². The van der Waals surface area contributed by atoms with Gasteiger partial charge in [-0.1, -0.05) is 6.92 Å². The number of carbonyl (C=O) groups excluding carboxylic acids is 2. The van der Waals surface area contributed by atoms with E-state index in [-0.39, 0.29) is 6.04 Å². The Kier molecular flexibility index (Phi) is 6.82. The van der Waals surface area contributed by atoms with Gasteiger partial charge in [0.1, 0.15) is 11.2 Å². The van der Waals surface area contributed by atoms with Crippen molar-refractivity contribution < 1.29 is 19.1 Å². The van der Waals surface area contributed by atoms with Crippen molar-refractivity contribution in [2.45, 2.75) is 72.1 Å². The van der Waals surface area contributed by atoms with Crippen LogP contribution in [-0.4, -0.2) is 36.0 Å². The molecule has 20 heavy (non-hydrogen) atoms. The molecule has 0 rings (SSSR count). The van der Waals surface area contributed by atoms with Gasteiger partial charge in [0.05, 0.1) is 0 Å². The predicted octanol–water partition coefficient (Wildman–Crippen LogP) is 2.81. The SMILES string of the molecule is CC[C@@H](CNC(=O)OC(C)(C)C)NC(=O)OC(C)(C)C. The number of hydrogen-bond donors (Lipinski definition) is 2. The summed E-state index contributed by atoms with van der Waals surface area (Å²) in [5, 5.41) is 5.34. The lowest BCUT2D eigenvalue weighted by Gasteiger charge is -2.24. The molecule has 0 aromatic carbocycles. The number of ether oxygens (including phenoxy) is 2. The minimum Gasteiger partial charge on any atom is -0.444 e. The molecule has 0 radical (unpaired) electrons. The van der Waals surface area contributed by atoms with Gasteiger partial charge in [0, 0.05) is 12.6 Å². The van der Waals surface area contributed by atoms with Crippen molar-refractivity contribution in [1.29, 1.82) is 0 Å². The largest absolute Gasteiger partial charge is 0.444 e. The molecule has 118 valence electrons. The van der Waals surface area contributed by atoms with E-state index in [2.05, 4.69) is 10.6 Å². The van der Waals surface area contributed by atoms with Crippen LogP contribution in [0.25, 0.3) is 0 Å². The molecule has 0 aromatic heterocycles. The molecule has 2 N–H and O–H groups in total. The first kappa shape index (κ1) is 18.5. The zero-order valence-electron chi connectivity index (χ0n) is 13.6. The first-order valence-corrected chi connectivity index (χ1v) is 6.89. The molecule has 0 saturated heterocycles. The third-order valence-corrected chi connectivity index (χ3v) is 2.11. The van der Waals surface area contributed by atoms with E-state index < -0.39 is 23.4 Å². The number of nitrogens with one attached hydrogen (secondary N) is 2. The first-order chi connectivity index (χ1) is 8.93. The summed E-state index contributed by atoms with van der Waals surface area (Å²) in [7, 11) is 0. The molecule has 6 heteroatoms. The van der Waals surface area contributed by atoms with Crippen LogP contribution < -0.4 is 10.6 Å². The highest BCUT2D eigenvalue weighted by molar-refractivity contribution is 5.69. The van der Waals surface area contributed by atoms with Gasteiger partial charge >= 0.3 is 12.2 Å². The van der Waals surface area contributed by atoms with Gasteiger partial charge < -0.3 is 20.1 Å². The number of rotatable bonds is 4.